The number of methoxy groups -OCH3 is 1. The molecule has 0 saturated heterocycles. The predicted octanol–water partition coefficient (Wildman–Crippen LogP) is 4.27. The fourth-order valence-electron chi connectivity index (χ4n) is 2.75. The van der Waals surface area contributed by atoms with Gasteiger partial charge in [-0.15, -0.1) is 0 Å². The van der Waals surface area contributed by atoms with E-state index in [0.29, 0.717) is 0 Å². The van der Waals surface area contributed by atoms with Crippen LogP contribution in [0.1, 0.15) is 18.4 Å². The second-order valence-electron chi connectivity index (χ2n) is 4.98. The molecular weight excluding hydrogens is 248 g/mol. The van der Waals surface area contributed by atoms with Gasteiger partial charge >= 0.3 is 5.97 Å². The van der Waals surface area contributed by atoms with Gasteiger partial charge in [-0.1, -0.05) is 54.6 Å². The van der Waals surface area contributed by atoms with Gasteiger partial charge in [0.1, 0.15) is 0 Å². The van der Waals surface area contributed by atoms with E-state index < -0.39 is 0 Å². The Balaban J connectivity index is 2.37. The van der Waals surface area contributed by atoms with Crippen molar-refractivity contribution >= 4 is 27.5 Å². The second kappa shape index (κ2) is 4.97. The topological polar surface area (TPSA) is 26.3 Å². The predicted molar refractivity (Wildman–Crippen MR) is 81.9 cm³/mol. The zero-order valence-electron chi connectivity index (χ0n) is 11.6. The molecular formula is C18H16O2. The monoisotopic (exact) mass is 264 g/mol. The first kappa shape index (κ1) is 12.7. The molecule has 0 saturated carbocycles. The number of hydrogen-bond acceptors (Lipinski definition) is 2. The van der Waals surface area contributed by atoms with E-state index in [1.165, 1.54) is 17.9 Å². The van der Waals surface area contributed by atoms with Gasteiger partial charge in [-0.05, 0) is 34.0 Å². The normalized spacial score (nSPS) is 12.5. The van der Waals surface area contributed by atoms with Crippen LogP contribution >= 0.6 is 0 Å². The number of carbonyl (C=O) groups is 1. The van der Waals surface area contributed by atoms with Gasteiger partial charge in [0.25, 0.3) is 0 Å². The zero-order valence-corrected chi connectivity index (χ0v) is 11.6. The summed E-state index contributed by atoms with van der Waals surface area (Å²) in [5, 5.41) is 4.65. The molecule has 0 heterocycles. The summed E-state index contributed by atoms with van der Waals surface area (Å²) in [5.41, 5.74) is 1.02. The lowest BCUT2D eigenvalue weighted by atomic mass is 9.91. The molecule has 3 aromatic carbocycles. The molecule has 0 amide bonds. The maximum atomic E-state index is 11.9. The van der Waals surface area contributed by atoms with Crippen molar-refractivity contribution in [1.29, 1.82) is 0 Å². The number of esters is 1. The Bertz CT molecular complexity index is 790. The third-order valence-corrected chi connectivity index (χ3v) is 3.82. The van der Waals surface area contributed by atoms with Crippen LogP contribution in [-0.2, 0) is 9.53 Å². The van der Waals surface area contributed by atoms with Gasteiger partial charge < -0.3 is 4.74 Å². The summed E-state index contributed by atoms with van der Waals surface area (Å²) >= 11 is 0. The van der Waals surface area contributed by atoms with Crippen molar-refractivity contribution in [3.05, 3.63) is 60.2 Å². The van der Waals surface area contributed by atoms with Gasteiger partial charge in [-0.3, -0.25) is 4.79 Å². The van der Waals surface area contributed by atoms with Gasteiger partial charge in [-0.2, -0.15) is 0 Å². The van der Waals surface area contributed by atoms with Crippen molar-refractivity contribution in [2.75, 3.05) is 7.11 Å². The lowest BCUT2D eigenvalue weighted by molar-refractivity contribution is -0.141. The third kappa shape index (κ3) is 1.94. The Kier molecular flexibility index (Phi) is 3.15. The van der Waals surface area contributed by atoms with Crippen molar-refractivity contribution in [2.45, 2.75) is 12.8 Å². The molecule has 3 rings (SSSR count). The van der Waals surface area contributed by atoms with Gasteiger partial charge in [0.2, 0.25) is 0 Å². The van der Waals surface area contributed by atoms with Crippen LogP contribution in [0, 0.1) is 0 Å². The molecule has 3 aromatic rings. The van der Waals surface area contributed by atoms with Gasteiger partial charge in [-0.25, -0.2) is 0 Å². The first-order valence-electron chi connectivity index (χ1n) is 6.70. The number of carbonyl (C=O) groups excluding carboxylic acids is 1. The molecule has 0 aromatic heterocycles. The summed E-state index contributed by atoms with van der Waals surface area (Å²) in [4.78, 5) is 11.9. The molecule has 0 N–H and O–H groups in total. The van der Waals surface area contributed by atoms with Crippen LogP contribution < -0.4 is 0 Å². The van der Waals surface area contributed by atoms with Crippen LogP contribution in [0.4, 0.5) is 0 Å². The van der Waals surface area contributed by atoms with Crippen LogP contribution in [-0.4, -0.2) is 13.1 Å². The molecule has 0 aliphatic heterocycles. The Morgan fingerprint density at radius 1 is 0.950 bits per heavy atom. The summed E-state index contributed by atoms with van der Waals surface area (Å²) in [6.07, 6.45) is 0. The molecule has 1 atom stereocenters. The van der Waals surface area contributed by atoms with Crippen molar-refractivity contribution in [3.8, 4) is 0 Å². The summed E-state index contributed by atoms with van der Waals surface area (Å²) in [5.74, 6) is -0.472. The molecule has 0 spiro atoms. The zero-order chi connectivity index (χ0) is 14.1. The van der Waals surface area contributed by atoms with Crippen LogP contribution in [0.5, 0.6) is 0 Å². The van der Waals surface area contributed by atoms with Crippen molar-refractivity contribution in [3.63, 3.8) is 0 Å². The Morgan fingerprint density at radius 2 is 1.65 bits per heavy atom. The molecule has 0 radical (unpaired) electrons. The summed E-state index contributed by atoms with van der Waals surface area (Å²) in [6.45, 7) is 1.89. The number of hydrogen-bond donors (Lipinski definition) is 0. The first-order valence-corrected chi connectivity index (χ1v) is 6.70. The van der Waals surface area contributed by atoms with E-state index in [1.807, 2.05) is 31.2 Å². The summed E-state index contributed by atoms with van der Waals surface area (Å²) in [6, 6.07) is 18.5. The average Bonchev–Trinajstić information content (AvgIpc) is 2.52. The van der Waals surface area contributed by atoms with E-state index in [0.717, 1.165) is 16.3 Å². The van der Waals surface area contributed by atoms with E-state index in [-0.39, 0.29) is 11.9 Å². The summed E-state index contributed by atoms with van der Waals surface area (Å²) < 4.78 is 4.89. The fraction of sp³-hybridized carbons (Fsp3) is 0.167. The lowest BCUT2D eigenvalue weighted by Gasteiger charge is -2.14. The van der Waals surface area contributed by atoms with Crippen LogP contribution in [0.2, 0.25) is 0 Å². The molecule has 2 nitrogen and oxygen atoms in total. The van der Waals surface area contributed by atoms with Crippen molar-refractivity contribution in [2.24, 2.45) is 0 Å². The maximum Gasteiger partial charge on any atom is 0.312 e. The van der Waals surface area contributed by atoms with Crippen molar-refractivity contribution in [1.82, 2.24) is 0 Å². The highest BCUT2D eigenvalue weighted by atomic mass is 16.5. The van der Waals surface area contributed by atoms with E-state index in [1.54, 1.807) is 0 Å². The maximum absolute atomic E-state index is 11.9. The lowest BCUT2D eigenvalue weighted by Crippen LogP contribution is -2.11. The SMILES string of the molecule is COC(=O)[C@@H](C)c1cccc2ccc3ccccc3c12. The van der Waals surface area contributed by atoms with Crippen LogP contribution in [0.25, 0.3) is 21.5 Å². The Hall–Kier alpha value is -2.35. The van der Waals surface area contributed by atoms with E-state index >= 15 is 0 Å². The van der Waals surface area contributed by atoms with Gasteiger partial charge in [0.15, 0.2) is 0 Å². The van der Waals surface area contributed by atoms with Crippen molar-refractivity contribution < 1.29 is 9.53 Å². The summed E-state index contributed by atoms with van der Waals surface area (Å²) in [7, 11) is 1.43. The molecule has 0 unspecified atom stereocenters. The molecule has 2 heteroatoms. The highest BCUT2D eigenvalue weighted by molar-refractivity contribution is 6.10. The Morgan fingerprint density at radius 3 is 2.45 bits per heavy atom. The molecule has 100 valence electrons. The quantitative estimate of drug-likeness (QED) is 0.510. The standard InChI is InChI=1S/C18H16O2/c1-12(18(19)20-2)15-9-5-7-14-11-10-13-6-3-4-8-16(13)17(14)15/h3-12H,1-2H3/t12-/m0/s1. The van der Waals surface area contributed by atoms with Crippen LogP contribution in [0.3, 0.4) is 0 Å². The molecule has 20 heavy (non-hydrogen) atoms. The second-order valence-corrected chi connectivity index (χ2v) is 4.98. The highest BCUT2D eigenvalue weighted by Crippen LogP contribution is 2.32. The molecule has 0 aliphatic carbocycles. The number of benzene rings is 3. The fourth-order valence-corrected chi connectivity index (χ4v) is 2.75. The minimum absolute atomic E-state index is 0.203. The van der Waals surface area contributed by atoms with Gasteiger partial charge in [0.05, 0.1) is 13.0 Å². The Labute approximate surface area is 118 Å². The number of ether oxygens (including phenoxy) is 1. The minimum atomic E-state index is -0.269. The third-order valence-electron chi connectivity index (χ3n) is 3.82. The smallest absolute Gasteiger partial charge is 0.312 e. The number of rotatable bonds is 2. The van der Waals surface area contributed by atoms with E-state index in [4.69, 9.17) is 4.74 Å². The molecule has 0 fully saturated rings. The molecule has 0 bridgehead atoms. The van der Waals surface area contributed by atoms with Gasteiger partial charge in [0, 0.05) is 0 Å². The highest BCUT2D eigenvalue weighted by Gasteiger charge is 2.18. The van der Waals surface area contributed by atoms with E-state index in [9.17, 15) is 4.79 Å². The average molecular weight is 264 g/mol. The van der Waals surface area contributed by atoms with Crippen LogP contribution in [0.15, 0.2) is 54.6 Å². The number of fused-ring (bicyclic) bond motifs is 3. The largest absolute Gasteiger partial charge is 0.469 e. The first-order chi connectivity index (χ1) is 9.72. The molecule has 0 aliphatic rings. The minimum Gasteiger partial charge on any atom is -0.469 e. The van der Waals surface area contributed by atoms with E-state index in [2.05, 4.69) is 30.3 Å².